The lowest BCUT2D eigenvalue weighted by Crippen LogP contribution is -2.01. The van der Waals surface area contributed by atoms with Crippen LogP contribution in [0.25, 0.3) is 10.4 Å². The van der Waals surface area contributed by atoms with Crippen molar-refractivity contribution in [2.45, 2.75) is 0 Å². The first kappa shape index (κ1) is 9.13. The summed E-state index contributed by atoms with van der Waals surface area (Å²) in [5.41, 5.74) is 7.75. The number of thioether (sulfide) groups is 1. The van der Waals surface area contributed by atoms with Crippen LogP contribution in [0, 0.1) is 0 Å². The lowest BCUT2D eigenvalue weighted by molar-refractivity contribution is 0.164. The van der Waals surface area contributed by atoms with Crippen LogP contribution in [0.3, 0.4) is 0 Å². The highest BCUT2D eigenvalue weighted by Crippen LogP contribution is 1.92. The summed E-state index contributed by atoms with van der Waals surface area (Å²) in [6.07, 6.45) is 1.03. The Hall–Kier alpha value is -0.870. The van der Waals surface area contributed by atoms with Crippen molar-refractivity contribution >= 4 is 17.9 Å². The van der Waals surface area contributed by atoms with Gasteiger partial charge in [-0.3, -0.25) is 0 Å². The number of azide groups is 1. The Balaban J connectivity index is 3.31. The molecule has 10 heavy (non-hydrogen) atoms. The predicted molar refractivity (Wildman–Crippen MR) is 38.9 cm³/mol. The van der Waals surface area contributed by atoms with Crippen molar-refractivity contribution in [2.75, 3.05) is 18.6 Å². The van der Waals surface area contributed by atoms with Gasteiger partial charge in [-0.25, -0.2) is 4.79 Å². The number of nitrogens with zero attached hydrogens (tertiary/aromatic N) is 3. The molecule has 0 bridgehead atoms. The van der Waals surface area contributed by atoms with Crippen molar-refractivity contribution < 1.29 is 9.53 Å². The summed E-state index contributed by atoms with van der Waals surface area (Å²) < 4.78 is 4.44. The van der Waals surface area contributed by atoms with Gasteiger partial charge in [0.05, 0.1) is 0 Å². The van der Waals surface area contributed by atoms with Crippen molar-refractivity contribution in [2.24, 2.45) is 5.11 Å². The van der Waals surface area contributed by atoms with E-state index in [0.717, 1.165) is 0 Å². The fourth-order valence-corrected chi connectivity index (χ4v) is 0.528. The molecule has 56 valence electrons. The highest BCUT2D eigenvalue weighted by molar-refractivity contribution is 7.98. The lowest BCUT2D eigenvalue weighted by Gasteiger charge is -1.96. The molecule has 0 aliphatic carbocycles. The Labute approximate surface area is 62.4 Å². The largest absolute Gasteiger partial charge is 0.460 e. The smallest absolute Gasteiger partial charge is 0.396 e. The van der Waals surface area contributed by atoms with Crippen molar-refractivity contribution in [3.05, 3.63) is 10.4 Å². The second-order valence-electron chi connectivity index (χ2n) is 1.30. The third-order valence-electron chi connectivity index (χ3n) is 0.639. The fraction of sp³-hybridized carbons (Fsp3) is 0.750. The number of carbonyl (C=O) groups is 1. The Kier molecular flexibility index (Phi) is 5.71. The van der Waals surface area contributed by atoms with E-state index in [4.69, 9.17) is 5.53 Å². The maximum Gasteiger partial charge on any atom is 0.396 e. The van der Waals surface area contributed by atoms with Crippen LogP contribution < -0.4 is 0 Å². The van der Waals surface area contributed by atoms with Gasteiger partial charge in [0, 0.05) is 15.8 Å². The Morgan fingerprint density at radius 1 is 1.90 bits per heavy atom. The topological polar surface area (TPSA) is 75.1 Å². The normalized spacial score (nSPS) is 8.10. The summed E-state index contributed by atoms with van der Waals surface area (Å²) in [4.78, 5) is 12.5. The second kappa shape index (κ2) is 6.25. The molecule has 0 atom stereocenters. The van der Waals surface area contributed by atoms with E-state index in [1.165, 1.54) is 0 Å². The molecule has 0 fully saturated rings. The van der Waals surface area contributed by atoms with E-state index >= 15 is 0 Å². The zero-order chi connectivity index (χ0) is 7.82. The minimum absolute atomic E-state index is 0.291. The minimum atomic E-state index is -0.864. The molecule has 0 unspecified atom stereocenters. The zero-order valence-corrected chi connectivity index (χ0v) is 6.30. The first-order valence-corrected chi connectivity index (χ1v) is 3.91. The highest BCUT2D eigenvalue weighted by Gasteiger charge is 1.94. The molecule has 1 amide bonds. The van der Waals surface area contributed by atoms with E-state index in [9.17, 15) is 4.79 Å². The van der Waals surface area contributed by atoms with Gasteiger partial charge in [0.25, 0.3) is 0 Å². The Bertz CT molecular complexity index is 155. The van der Waals surface area contributed by atoms with Gasteiger partial charge in [0.1, 0.15) is 6.61 Å². The molecule has 0 saturated carbocycles. The maximum atomic E-state index is 10.3. The van der Waals surface area contributed by atoms with Gasteiger partial charge >= 0.3 is 6.09 Å². The number of hydrogen-bond acceptors (Lipinski definition) is 3. The van der Waals surface area contributed by atoms with E-state index in [0.29, 0.717) is 12.4 Å². The molecule has 0 aromatic rings. The van der Waals surface area contributed by atoms with E-state index < -0.39 is 6.09 Å². The molecule has 0 rings (SSSR count). The molecule has 0 N–H and O–H groups in total. The average Bonchev–Trinajstić information content (AvgIpc) is 1.89. The number of amides is 1. The van der Waals surface area contributed by atoms with Crippen molar-refractivity contribution in [3.8, 4) is 0 Å². The molecular weight excluding hydrogens is 154 g/mol. The molecule has 0 radical (unpaired) electrons. The molecule has 0 aliphatic heterocycles. The minimum Gasteiger partial charge on any atom is -0.460 e. The van der Waals surface area contributed by atoms with Gasteiger partial charge in [-0.2, -0.15) is 11.8 Å². The van der Waals surface area contributed by atoms with Gasteiger partial charge in [0.15, 0.2) is 0 Å². The van der Waals surface area contributed by atoms with Crippen LogP contribution in [0.4, 0.5) is 4.79 Å². The van der Waals surface area contributed by atoms with Crippen LogP contribution in [0.2, 0.25) is 0 Å². The maximum absolute atomic E-state index is 10.3. The fourth-order valence-electron chi connectivity index (χ4n) is 0.278. The summed E-state index contributed by atoms with van der Waals surface area (Å²) >= 11 is 1.55. The van der Waals surface area contributed by atoms with Crippen LogP contribution in [-0.4, -0.2) is 24.7 Å². The molecule has 0 heterocycles. The first-order valence-electron chi connectivity index (χ1n) is 2.52. The number of ether oxygens (including phenoxy) is 1. The van der Waals surface area contributed by atoms with Crippen LogP contribution in [-0.2, 0) is 4.74 Å². The molecular formula is C4H7N3O2S. The second-order valence-corrected chi connectivity index (χ2v) is 2.28. The summed E-state index contributed by atoms with van der Waals surface area (Å²) in [6, 6.07) is 0. The standard InChI is InChI=1S/C4H7N3O2S/c1-10-3-2-9-4(8)6-7-5/h2-3H2,1H3. The van der Waals surface area contributed by atoms with Gasteiger partial charge in [-0.15, -0.1) is 0 Å². The molecule has 5 nitrogen and oxygen atoms in total. The summed E-state index contributed by atoms with van der Waals surface area (Å²) in [5, 5.41) is 2.71. The van der Waals surface area contributed by atoms with Crippen LogP contribution in [0.15, 0.2) is 5.11 Å². The molecule has 0 spiro atoms. The van der Waals surface area contributed by atoms with E-state index in [-0.39, 0.29) is 0 Å². The zero-order valence-electron chi connectivity index (χ0n) is 5.48. The Morgan fingerprint density at radius 2 is 2.60 bits per heavy atom. The predicted octanol–water partition coefficient (Wildman–Crippen LogP) is 1.80. The van der Waals surface area contributed by atoms with E-state index in [1.807, 2.05) is 6.26 Å². The van der Waals surface area contributed by atoms with E-state index in [1.54, 1.807) is 11.8 Å². The average molecular weight is 161 g/mol. The summed E-state index contributed by atoms with van der Waals surface area (Å²) in [6.45, 7) is 0.291. The summed E-state index contributed by atoms with van der Waals surface area (Å²) in [5.74, 6) is 0.715. The van der Waals surface area contributed by atoms with Gasteiger partial charge in [-0.05, 0) is 11.8 Å². The molecule has 0 saturated heterocycles. The van der Waals surface area contributed by atoms with Crippen molar-refractivity contribution in [1.29, 1.82) is 0 Å². The summed E-state index contributed by atoms with van der Waals surface area (Å²) in [7, 11) is 0. The molecule has 0 aliphatic rings. The van der Waals surface area contributed by atoms with Crippen molar-refractivity contribution in [3.63, 3.8) is 0 Å². The van der Waals surface area contributed by atoms with Gasteiger partial charge < -0.3 is 4.74 Å². The van der Waals surface area contributed by atoms with Crippen LogP contribution >= 0.6 is 11.8 Å². The third-order valence-corrected chi connectivity index (χ3v) is 1.21. The number of hydrogen-bond donors (Lipinski definition) is 0. The van der Waals surface area contributed by atoms with E-state index in [2.05, 4.69) is 14.8 Å². The molecule has 0 aromatic carbocycles. The number of carbonyl (C=O) groups excluding carboxylic acids is 1. The molecule has 0 aromatic heterocycles. The van der Waals surface area contributed by atoms with Crippen LogP contribution in [0.1, 0.15) is 0 Å². The first-order chi connectivity index (χ1) is 4.81. The quantitative estimate of drug-likeness (QED) is 0.274. The van der Waals surface area contributed by atoms with Crippen molar-refractivity contribution in [1.82, 2.24) is 0 Å². The monoisotopic (exact) mass is 161 g/mol. The number of rotatable bonds is 3. The Morgan fingerprint density at radius 3 is 3.10 bits per heavy atom. The SMILES string of the molecule is CSCCOC(=O)N=[N+]=[N-]. The molecule has 6 heteroatoms. The lowest BCUT2D eigenvalue weighted by atomic mass is 10.8. The highest BCUT2D eigenvalue weighted by atomic mass is 32.2. The third kappa shape index (κ3) is 5.27. The van der Waals surface area contributed by atoms with Gasteiger partial charge in [0.2, 0.25) is 0 Å². The van der Waals surface area contributed by atoms with Crippen LogP contribution in [0.5, 0.6) is 0 Å². The van der Waals surface area contributed by atoms with Gasteiger partial charge in [-0.1, -0.05) is 0 Å².